The Hall–Kier alpha value is -2.38. The Labute approximate surface area is 150 Å². The summed E-state index contributed by atoms with van der Waals surface area (Å²) in [6.07, 6.45) is 1.59. The number of benzene rings is 2. The maximum absolute atomic E-state index is 12.5. The van der Waals surface area contributed by atoms with Crippen LogP contribution in [0.3, 0.4) is 0 Å². The quantitative estimate of drug-likeness (QED) is 0.696. The molecule has 0 saturated carbocycles. The highest BCUT2D eigenvalue weighted by molar-refractivity contribution is 8.00. The summed E-state index contributed by atoms with van der Waals surface area (Å²) in [7, 11) is -3.95. The fraction of sp³-hybridized carbons (Fsp3) is 0.111. The van der Waals surface area contributed by atoms with Gasteiger partial charge in [-0.1, -0.05) is 23.8 Å². The fourth-order valence-electron chi connectivity index (χ4n) is 2.33. The van der Waals surface area contributed by atoms with Crippen molar-refractivity contribution in [1.82, 2.24) is 9.71 Å². The number of sulfonamides is 1. The maximum atomic E-state index is 12.5. The van der Waals surface area contributed by atoms with Gasteiger partial charge in [0.05, 0.1) is 16.2 Å². The lowest BCUT2D eigenvalue weighted by Crippen LogP contribution is -2.32. The van der Waals surface area contributed by atoms with Gasteiger partial charge in [0.2, 0.25) is 5.91 Å². The van der Waals surface area contributed by atoms with E-state index in [4.69, 9.17) is 0 Å². The smallest absolute Gasteiger partial charge is 0.264 e. The van der Waals surface area contributed by atoms with Gasteiger partial charge in [0, 0.05) is 16.5 Å². The van der Waals surface area contributed by atoms with Gasteiger partial charge in [-0.2, -0.15) is 0 Å². The van der Waals surface area contributed by atoms with Crippen molar-refractivity contribution in [2.45, 2.75) is 16.7 Å². The molecule has 3 aromatic rings. The highest BCUT2D eigenvalue weighted by atomic mass is 32.2. The van der Waals surface area contributed by atoms with Crippen LogP contribution in [0.5, 0.6) is 0 Å². The third kappa shape index (κ3) is 4.18. The monoisotopic (exact) mass is 372 g/mol. The molecule has 0 radical (unpaired) electrons. The molecule has 0 aliphatic rings. The van der Waals surface area contributed by atoms with Gasteiger partial charge in [0.25, 0.3) is 10.0 Å². The second-order valence-electron chi connectivity index (χ2n) is 5.46. The number of hydrogen-bond donors (Lipinski definition) is 1. The van der Waals surface area contributed by atoms with Crippen molar-refractivity contribution in [3.8, 4) is 0 Å². The molecule has 0 aliphatic carbocycles. The molecule has 7 heteroatoms. The second kappa shape index (κ2) is 7.25. The van der Waals surface area contributed by atoms with Gasteiger partial charge >= 0.3 is 0 Å². The number of amides is 1. The number of thioether (sulfide) groups is 1. The zero-order valence-electron chi connectivity index (χ0n) is 13.5. The Morgan fingerprint density at radius 3 is 2.60 bits per heavy atom. The molecule has 0 saturated heterocycles. The van der Waals surface area contributed by atoms with Crippen LogP contribution in [0.2, 0.25) is 0 Å². The Morgan fingerprint density at radius 1 is 1.08 bits per heavy atom. The van der Waals surface area contributed by atoms with Crippen molar-refractivity contribution >= 4 is 38.6 Å². The minimum absolute atomic E-state index is 0.0192. The number of nitrogens with one attached hydrogen (secondary N) is 1. The fourth-order valence-corrected chi connectivity index (χ4v) is 4.32. The molecule has 1 amide bonds. The topological polar surface area (TPSA) is 76.1 Å². The predicted octanol–water partition coefficient (Wildman–Crippen LogP) is 3.14. The molecule has 5 nitrogen and oxygen atoms in total. The highest BCUT2D eigenvalue weighted by Gasteiger charge is 2.20. The summed E-state index contributed by atoms with van der Waals surface area (Å²) in [5, 5.41) is 0.483. The van der Waals surface area contributed by atoms with E-state index < -0.39 is 15.9 Å². The Morgan fingerprint density at radius 2 is 1.84 bits per heavy atom. The van der Waals surface area contributed by atoms with E-state index in [1.807, 2.05) is 31.2 Å². The lowest BCUT2D eigenvalue weighted by atomic mass is 10.2. The van der Waals surface area contributed by atoms with Crippen LogP contribution in [-0.2, 0) is 14.8 Å². The first-order valence-corrected chi connectivity index (χ1v) is 10.0. The largest absolute Gasteiger partial charge is 0.273 e. The minimum atomic E-state index is -3.95. The predicted molar refractivity (Wildman–Crippen MR) is 99.0 cm³/mol. The molecule has 128 valence electrons. The number of fused-ring (bicyclic) bond motifs is 1. The minimum Gasteiger partial charge on any atom is -0.273 e. The summed E-state index contributed by atoms with van der Waals surface area (Å²) >= 11 is 1.29. The van der Waals surface area contributed by atoms with E-state index >= 15 is 0 Å². The van der Waals surface area contributed by atoms with Gasteiger partial charge < -0.3 is 0 Å². The Kier molecular flexibility index (Phi) is 5.06. The molecule has 0 atom stereocenters. The van der Waals surface area contributed by atoms with Crippen molar-refractivity contribution < 1.29 is 13.2 Å². The zero-order chi connectivity index (χ0) is 17.9. The lowest BCUT2D eigenvalue weighted by Gasteiger charge is -2.09. The molecule has 1 aromatic heterocycles. The number of rotatable bonds is 5. The van der Waals surface area contributed by atoms with E-state index in [2.05, 4.69) is 9.71 Å². The maximum Gasteiger partial charge on any atom is 0.264 e. The van der Waals surface area contributed by atoms with Crippen LogP contribution in [-0.4, -0.2) is 25.1 Å². The van der Waals surface area contributed by atoms with Gasteiger partial charge in [-0.3, -0.25) is 9.78 Å². The van der Waals surface area contributed by atoms with Crippen LogP contribution in [0.4, 0.5) is 0 Å². The summed E-state index contributed by atoms with van der Waals surface area (Å²) in [4.78, 5) is 17.2. The first-order chi connectivity index (χ1) is 12.0. The molecule has 25 heavy (non-hydrogen) atoms. The molecule has 0 unspecified atom stereocenters. The van der Waals surface area contributed by atoms with E-state index in [0.29, 0.717) is 10.9 Å². The number of pyridine rings is 1. The van der Waals surface area contributed by atoms with Crippen LogP contribution in [0, 0.1) is 6.92 Å². The van der Waals surface area contributed by atoms with Crippen molar-refractivity contribution in [3.05, 3.63) is 66.4 Å². The average molecular weight is 372 g/mol. The summed E-state index contributed by atoms with van der Waals surface area (Å²) < 4.78 is 27.2. The van der Waals surface area contributed by atoms with E-state index in [1.165, 1.54) is 17.8 Å². The van der Waals surface area contributed by atoms with Crippen molar-refractivity contribution in [2.75, 3.05) is 5.75 Å². The molecule has 3 rings (SSSR count). The first-order valence-electron chi connectivity index (χ1n) is 7.54. The number of nitrogens with zero attached hydrogens (tertiary/aromatic N) is 1. The van der Waals surface area contributed by atoms with Crippen molar-refractivity contribution in [2.24, 2.45) is 0 Å². The van der Waals surface area contributed by atoms with Crippen LogP contribution in [0.15, 0.2) is 70.6 Å². The van der Waals surface area contributed by atoms with Gasteiger partial charge in [0.1, 0.15) is 0 Å². The molecule has 0 fully saturated rings. The summed E-state index contributed by atoms with van der Waals surface area (Å²) in [6.45, 7) is 1.98. The van der Waals surface area contributed by atoms with Gasteiger partial charge in [-0.15, -0.1) is 11.8 Å². The molecule has 0 bridgehead atoms. The summed E-state index contributed by atoms with van der Waals surface area (Å²) in [6, 6.07) is 15.8. The van der Waals surface area contributed by atoms with Crippen molar-refractivity contribution in [3.63, 3.8) is 0 Å². The Balaban J connectivity index is 1.74. The SMILES string of the molecule is Cc1ccc(SCC(=O)NS(=O)(=O)c2cccc3ncccc23)cc1. The zero-order valence-corrected chi connectivity index (χ0v) is 15.1. The normalized spacial score (nSPS) is 11.4. The molecule has 0 aliphatic heterocycles. The molecule has 1 N–H and O–H groups in total. The summed E-state index contributed by atoms with van der Waals surface area (Å²) in [5.74, 6) is -0.544. The standard InChI is InChI=1S/C18H16N2O3S2/c1-13-7-9-14(10-8-13)24-12-18(21)20-25(22,23)17-6-2-5-16-15(17)4-3-11-19-16/h2-11H,12H2,1H3,(H,20,21). The number of carbonyl (C=O) groups is 1. The van der Waals surface area contributed by atoms with E-state index in [9.17, 15) is 13.2 Å². The van der Waals surface area contributed by atoms with Crippen LogP contribution in [0.1, 0.15) is 5.56 Å². The third-order valence-electron chi connectivity index (χ3n) is 3.53. The Bertz CT molecular complexity index is 1010. The van der Waals surface area contributed by atoms with Gasteiger partial charge in [-0.25, -0.2) is 13.1 Å². The van der Waals surface area contributed by atoms with Crippen molar-refractivity contribution in [1.29, 1.82) is 0 Å². The highest BCUT2D eigenvalue weighted by Crippen LogP contribution is 2.22. The first kappa shape index (κ1) is 17.4. The molecular weight excluding hydrogens is 356 g/mol. The number of aromatic nitrogens is 1. The van der Waals surface area contributed by atoms with Crippen LogP contribution < -0.4 is 4.72 Å². The second-order valence-corrected chi connectivity index (χ2v) is 8.16. The number of hydrogen-bond acceptors (Lipinski definition) is 5. The van der Waals surface area contributed by atoms with E-state index in [1.54, 1.807) is 30.5 Å². The summed E-state index contributed by atoms with van der Waals surface area (Å²) in [5.41, 5.74) is 1.69. The van der Waals surface area contributed by atoms with E-state index in [-0.39, 0.29) is 10.6 Å². The number of aryl methyl sites for hydroxylation is 1. The van der Waals surface area contributed by atoms with E-state index in [0.717, 1.165) is 10.5 Å². The van der Waals surface area contributed by atoms with Crippen LogP contribution in [0.25, 0.3) is 10.9 Å². The van der Waals surface area contributed by atoms with Crippen LogP contribution >= 0.6 is 11.8 Å². The van der Waals surface area contributed by atoms with Gasteiger partial charge in [-0.05, 0) is 43.3 Å². The third-order valence-corrected chi connectivity index (χ3v) is 5.98. The van der Waals surface area contributed by atoms with Gasteiger partial charge in [0.15, 0.2) is 0 Å². The average Bonchev–Trinajstić information content (AvgIpc) is 2.60. The number of carbonyl (C=O) groups excluding carboxylic acids is 1. The molecule has 1 heterocycles. The lowest BCUT2D eigenvalue weighted by molar-refractivity contribution is -0.116. The molecule has 0 spiro atoms. The molecule has 2 aromatic carbocycles. The molecular formula is C18H16N2O3S2.